The van der Waals surface area contributed by atoms with Crippen LogP contribution in [-0.2, 0) is 5.41 Å². The van der Waals surface area contributed by atoms with Gasteiger partial charge in [-0.15, -0.1) is 0 Å². The van der Waals surface area contributed by atoms with Gasteiger partial charge in [0.25, 0.3) is 0 Å². The molecule has 0 aliphatic heterocycles. The highest BCUT2D eigenvalue weighted by Gasteiger charge is 2.45. The zero-order valence-electron chi connectivity index (χ0n) is 32.3. The van der Waals surface area contributed by atoms with E-state index in [0.717, 1.165) is 46.5 Å². The quantitative estimate of drug-likeness (QED) is 0.169. The summed E-state index contributed by atoms with van der Waals surface area (Å²) in [5.41, 5.74) is 15.6. The maximum Gasteiger partial charge on any atom is 0.144 e. The first-order valence-electron chi connectivity index (χ1n) is 20.3. The Hall–Kier alpha value is -6.64. The predicted octanol–water partition coefficient (Wildman–Crippen LogP) is 15.3. The first-order chi connectivity index (χ1) is 28.0. The Balaban J connectivity index is 1.11. The predicted molar refractivity (Wildman–Crippen MR) is 240 cm³/mol. The van der Waals surface area contributed by atoms with Crippen LogP contribution in [0.2, 0.25) is 0 Å². The molecular formula is C55H43NO. The summed E-state index contributed by atoms with van der Waals surface area (Å²) in [6.07, 6.45) is 15.6. The Morgan fingerprint density at radius 2 is 1.25 bits per heavy atom. The molecule has 11 rings (SSSR count). The first-order valence-corrected chi connectivity index (χ1v) is 20.3. The molecule has 0 radical (unpaired) electrons. The van der Waals surface area contributed by atoms with E-state index in [1.165, 1.54) is 60.7 Å². The average Bonchev–Trinajstić information content (AvgIpc) is 3.77. The van der Waals surface area contributed by atoms with Gasteiger partial charge in [0.05, 0.1) is 0 Å². The van der Waals surface area contributed by atoms with Crippen LogP contribution in [0.5, 0.6) is 0 Å². The Kier molecular flexibility index (Phi) is 7.83. The molecule has 0 fully saturated rings. The topological polar surface area (TPSA) is 16.4 Å². The molecule has 274 valence electrons. The normalized spacial score (nSPS) is 18.1. The Morgan fingerprint density at radius 3 is 1.98 bits per heavy atom. The highest BCUT2D eigenvalue weighted by molar-refractivity contribution is 6.24. The van der Waals surface area contributed by atoms with E-state index in [4.69, 9.17) is 4.42 Å². The molecular weight excluding hydrogens is 691 g/mol. The monoisotopic (exact) mass is 733 g/mol. The second-order valence-electron chi connectivity index (χ2n) is 16.3. The van der Waals surface area contributed by atoms with Gasteiger partial charge in [0.1, 0.15) is 11.2 Å². The minimum Gasteiger partial charge on any atom is -0.455 e. The minimum atomic E-state index is -0.174. The summed E-state index contributed by atoms with van der Waals surface area (Å²) in [5, 5.41) is 4.87. The Labute approximate surface area is 334 Å². The van der Waals surface area contributed by atoms with Crippen molar-refractivity contribution in [2.24, 2.45) is 0 Å². The van der Waals surface area contributed by atoms with Crippen molar-refractivity contribution in [1.82, 2.24) is 0 Å². The maximum absolute atomic E-state index is 7.08. The lowest BCUT2D eigenvalue weighted by Crippen LogP contribution is -2.23. The van der Waals surface area contributed by atoms with Crippen molar-refractivity contribution >= 4 is 55.3 Å². The van der Waals surface area contributed by atoms with E-state index in [1.807, 2.05) is 0 Å². The second-order valence-corrected chi connectivity index (χ2v) is 16.3. The zero-order valence-corrected chi connectivity index (χ0v) is 32.3. The molecule has 1 aromatic heterocycles. The SMILES string of the molecule is CC1(C)C2=C(C=CCC2c2ccccc2)c2c1c1ccccc1c1c2oc2ccc(N(c3ccc(-c4ccccc4)cc3)c3ccc(C4C=CC=CC4)cc3)cc21. The van der Waals surface area contributed by atoms with E-state index >= 15 is 0 Å². The van der Waals surface area contributed by atoms with Gasteiger partial charge in [-0.2, -0.15) is 0 Å². The third-order valence-electron chi connectivity index (χ3n) is 12.7. The molecule has 2 nitrogen and oxygen atoms in total. The fraction of sp³-hybridized carbons (Fsp3) is 0.127. The number of anilines is 3. The summed E-state index contributed by atoms with van der Waals surface area (Å²) in [6, 6.07) is 55.6. The van der Waals surface area contributed by atoms with Crippen LogP contribution in [0.3, 0.4) is 0 Å². The van der Waals surface area contributed by atoms with Crippen LogP contribution in [0, 0.1) is 0 Å². The molecule has 2 heteroatoms. The highest BCUT2D eigenvalue weighted by Crippen LogP contribution is 2.59. The van der Waals surface area contributed by atoms with Gasteiger partial charge in [0.2, 0.25) is 0 Å². The number of hydrogen-bond acceptors (Lipinski definition) is 2. The van der Waals surface area contributed by atoms with E-state index in [0.29, 0.717) is 11.8 Å². The molecule has 3 aliphatic carbocycles. The summed E-state index contributed by atoms with van der Waals surface area (Å²) in [7, 11) is 0. The van der Waals surface area contributed by atoms with Crippen molar-refractivity contribution in [2.45, 2.75) is 43.9 Å². The lowest BCUT2D eigenvalue weighted by molar-refractivity contribution is 0.576. The van der Waals surface area contributed by atoms with Gasteiger partial charge in [-0.3, -0.25) is 0 Å². The van der Waals surface area contributed by atoms with Crippen LogP contribution in [0.15, 0.2) is 198 Å². The van der Waals surface area contributed by atoms with Crippen LogP contribution in [0.1, 0.15) is 60.8 Å². The van der Waals surface area contributed by atoms with Crippen molar-refractivity contribution < 1.29 is 4.42 Å². The zero-order chi connectivity index (χ0) is 38.1. The third-order valence-corrected chi connectivity index (χ3v) is 12.7. The molecule has 0 amide bonds. The van der Waals surface area contributed by atoms with E-state index in [-0.39, 0.29) is 5.41 Å². The Morgan fingerprint density at radius 1 is 0.579 bits per heavy atom. The van der Waals surface area contributed by atoms with Crippen molar-refractivity contribution in [3.8, 4) is 11.1 Å². The van der Waals surface area contributed by atoms with Gasteiger partial charge < -0.3 is 9.32 Å². The number of allylic oxidation sites excluding steroid dienone is 8. The highest BCUT2D eigenvalue weighted by atomic mass is 16.3. The summed E-state index contributed by atoms with van der Waals surface area (Å²) in [4.78, 5) is 2.39. The number of fused-ring (bicyclic) bond motifs is 9. The molecule has 2 unspecified atom stereocenters. The van der Waals surface area contributed by atoms with Gasteiger partial charge >= 0.3 is 0 Å². The summed E-state index contributed by atoms with van der Waals surface area (Å²) < 4.78 is 7.08. The fourth-order valence-corrected chi connectivity index (χ4v) is 10.2. The molecule has 0 spiro atoms. The van der Waals surface area contributed by atoms with Gasteiger partial charge in [0.15, 0.2) is 0 Å². The number of hydrogen-bond donors (Lipinski definition) is 0. The largest absolute Gasteiger partial charge is 0.455 e. The molecule has 7 aromatic carbocycles. The molecule has 8 aromatic rings. The molecule has 0 saturated carbocycles. The molecule has 1 heterocycles. The first kappa shape index (κ1) is 33.7. The smallest absolute Gasteiger partial charge is 0.144 e. The number of nitrogens with zero attached hydrogens (tertiary/aromatic N) is 1. The summed E-state index contributed by atoms with van der Waals surface area (Å²) >= 11 is 0. The lowest BCUT2D eigenvalue weighted by Gasteiger charge is -2.33. The minimum absolute atomic E-state index is 0.174. The molecule has 2 atom stereocenters. The van der Waals surface area contributed by atoms with Gasteiger partial charge in [-0.1, -0.05) is 159 Å². The van der Waals surface area contributed by atoms with Crippen LogP contribution in [0.25, 0.3) is 49.4 Å². The van der Waals surface area contributed by atoms with Crippen LogP contribution >= 0.6 is 0 Å². The van der Waals surface area contributed by atoms with E-state index < -0.39 is 0 Å². The van der Waals surface area contributed by atoms with Crippen molar-refractivity contribution in [2.75, 3.05) is 4.90 Å². The summed E-state index contributed by atoms with van der Waals surface area (Å²) in [5.74, 6) is 0.714. The number of furan rings is 1. The van der Waals surface area contributed by atoms with Crippen LogP contribution in [0.4, 0.5) is 17.1 Å². The van der Waals surface area contributed by atoms with Crippen LogP contribution < -0.4 is 4.90 Å². The molecule has 0 N–H and O–H groups in total. The van der Waals surface area contributed by atoms with Gasteiger partial charge in [0, 0.05) is 50.6 Å². The van der Waals surface area contributed by atoms with E-state index in [1.54, 1.807) is 0 Å². The average molecular weight is 734 g/mol. The van der Waals surface area contributed by atoms with E-state index in [9.17, 15) is 0 Å². The number of rotatable bonds is 6. The lowest BCUT2D eigenvalue weighted by atomic mass is 9.70. The number of benzene rings is 7. The Bertz CT molecular complexity index is 2960. The fourth-order valence-electron chi connectivity index (χ4n) is 10.2. The third kappa shape index (κ3) is 5.39. The van der Waals surface area contributed by atoms with Crippen molar-refractivity contribution in [3.63, 3.8) is 0 Å². The maximum atomic E-state index is 7.08. The molecule has 57 heavy (non-hydrogen) atoms. The van der Waals surface area contributed by atoms with Gasteiger partial charge in [-0.05, 0) is 105 Å². The van der Waals surface area contributed by atoms with Crippen molar-refractivity contribution in [3.05, 3.63) is 216 Å². The molecule has 3 aliphatic rings. The molecule has 0 bridgehead atoms. The second kappa shape index (κ2) is 13.2. The van der Waals surface area contributed by atoms with E-state index in [2.05, 4.69) is 207 Å². The standard InChI is InChI=1S/C55H43NO/c1-55(2)52-44(40-19-10-5-11-20-40)23-14-24-47(52)51-53(55)46-22-13-12-21-45(46)50-48-35-43(33-34-49(48)57-54(50)51)56(41-29-25-38(26-30-41)36-15-6-3-7-16-36)42-31-27-39(28-32-42)37-17-8-4-9-18-37/h3-17,19-22,24-35,37,44H,18,23H2,1-2H3. The van der Waals surface area contributed by atoms with Crippen molar-refractivity contribution in [1.29, 1.82) is 0 Å². The van der Waals surface area contributed by atoms with Crippen LogP contribution in [-0.4, -0.2) is 0 Å². The summed E-state index contributed by atoms with van der Waals surface area (Å²) in [6.45, 7) is 4.85. The van der Waals surface area contributed by atoms with Gasteiger partial charge in [-0.25, -0.2) is 0 Å². The molecule has 0 saturated heterocycles.